The molecule has 0 unspecified atom stereocenters. The fourth-order valence-electron chi connectivity index (χ4n) is 3.20. The Labute approximate surface area is 169 Å². The molecule has 1 amide bonds. The number of hydrogen-bond acceptors (Lipinski definition) is 5. The number of rotatable bonds is 5. The van der Waals surface area contributed by atoms with Gasteiger partial charge in [-0.05, 0) is 55.2 Å². The summed E-state index contributed by atoms with van der Waals surface area (Å²) in [5.74, 6) is -0.0393. The summed E-state index contributed by atoms with van der Waals surface area (Å²) in [5, 5.41) is 7.27. The van der Waals surface area contributed by atoms with Gasteiger partial charge in [0.1, 0.15) is 0 Å². The van der Waals surface area contributed by atoms with Crippen molar-refractivity contribution in [3.8, 4) is 5.82 Å². The molecule has 0 saturated carbocycles. The molecule has 3 rings (SSSR count). The molecular formula is C22H24N4O3. The van der Waals surface area contributed by atoms with Crippen molar-refractivity contribution in [1.82, 2.24) is 14.8 Å². The highest BCUT2D eigenvalue weighted by atomic mass is 16.5. The first-order valence-electron chi connectivity index (χ1n) is 9.33. The number of aromatic nitrogens is 3. The molecule has 0 spiro atoms. The van der Waals surface area contributed by atoms with Crippen molar-refractivity contribution < 1.29 is 14.3 Å². The second-order valence-corrected chi connectivity index (χ2v) is 7.11. The highest BCUT2D eigenvalue weighted by Gasteiger charge is 2.22. The number of hydrogen-bond donors (Lipinski definition) is 1. The van der Waals surface area contributed by atoms with Crippen LogP contribution < -0.4 is 5.32 Å². The van der Waals surface area contributed by atoms with Gasteiger partial charge in [-0.1, -0.05) is 19.9 Å². The molecule has 0 atom stereocenters. The van der Waals surface area contributed by atoms with Crippen LogP contribution in [0.3, 0.4) is 0 Å². The van der Waals surface area contributed by atoms with Gasteiger partial charge in [-0.25, -0.2) is 14.5 Å². The molecule has 7 nitrogen and oxygen atoms in total. The number of nitrogens with zero attached hydrogens (tertiary/aromatic N) is 3. The van der Waals surface area contributed by atoms with Gasteiger partial charge in [0.15, 0.2) is 5.82 Å². The summed E-state index contributed by atoms with van der Waals surface area (Å²) in [4.78, 5) is 29.4. The van der Waals surface area contributed by atoms with Gasteiger partial charge in [-0.15, -0.1) is 0 Å². The third-order valence-corrected chi connectivity index (χ3v) is 4.79. The molecule has 1 N–H and O–H groups in total. The Kier molecular flexibility index (Phi) is 5.77. The molecule has 7 heteroatoms. The van der Waals surface area contributed by atoms with Gasteiger partial charge < -0.3 is 10.1 Å². The average molecular weight is 392 g/mol. The van der Waals surface area contributed by atoms with Crippen LogP contribution in [0.4, 0.5) is 5.69 Å². The molecule has 29 heavy (non-hydrogen) atoms. The van der Waals surface area contributed by atoms with Gasteiger partial charge in [0.05, 0.1) is 30.1 Å². The maximum absolute atomic E-state index is 13.0. The lowest BCUT2D eigenvalue weighted by Gasteiger charge is -2.14. The smallest absolute Gasteiger partial charge is 0.338 e. The minimum Gasteiger partial charge on any atom is -0.465 e. The van der Waals surface area contributed by atoms with Crippen molar-refractivity contribution in [1.29, 1.82) is 0 Å². The van der Waals surface area contributed by atoms with Crippen LogP contribution in [0.2, 0.25) is 0 Å². The zero-order valence-corrected chi connectivity index (χ0v) is 17.2. The zero-order valence-electron chi connectivity index (χ0n) is 17.2. The number of nitrogens with one attached hydrogen (secondary N) is 1. The summed E-state index contributed by atoms with van der Waals surface area (Å²) < 4.78 is 6.53. The van der Waals surface area contributed by atoms with Gasteiger partial charge in [-0.2, -0.15) is 5.10 Å². The molecule has 150 valence electrons. The summed E-state index contributed by atoms with van der Waals surface area (Å²) in [6.07, 6.45) is 3.23. The summed E-state index contributed by atoms with van der Waals surface area (Å²) in [6, 6.07) is 9.00. The lowest BCUT2D eigenvalue weighted by Crippen LogP contribution is -2.16. The highest BCUT2D eigenvalue weighted by molar-refractivity contribution is 6.06. The monoisotopic (exact) mass is 392 g/mol. The van der Waals surface area contributed by atoms with Gasteiger partial charge in [0.2, 0.25) is 0 Å². The highest BCUT2D eigenvalue weighted by Crippen LogP contribution is 2.25. The maximum Gasteiger partial charge on any atom is 0.338 e. The first-order valence-corrected chi connectivity index (χ1v) is 9.33. The van der Waals surface area contributed by atoms with Gasteiger partial charge in [-0.3, -0.25) is 4.79 Å². The molecule has 0 aliphatic heterocycles. The van der Waals surface area contributed by atoms with E-state index >= 15 is 0 Å². The third-order valence-electron chi connectivity index (χ3n) is 4.79. The van der Waals surface area contributed by atoms with Crippen LogP contribution in [-0.4, -0.2) is 33.8 Å². The number of carbonyl (C=O) groups is 2. The Bertz CT molecular complexity index is 1060. The van der Waals surface area contributed by atoms with E-state index in [1.165, 1.54) is 7.11 Å². The van der Waals surface area contributed by atoms with E-state index in [0.717, 1.165) is 16.8 Å². The van der Waals surface area contributed by atoms with Crippen molar-refractivity contribution in [2.75, 3.05) is 12.4 Å². The van der Waals surface area contributed by atoms with Crippen LogP contribution in [0.5, 0.6) is 0 Å². The van der Waals surface area contributed by atoms with E-state index in [2.05, 4.69) is 15.4 Å². The Balaban J connectivity index is 1.97. The van der Waals surface area contributed by atoms with E-state index in [1.54, 1.807) is 23.1 Å². The maximum atomic E-state index is 13.0. The van der Waals surface area contributed by atoms with Crippen LogP contribution >= 0.6 is 0 Å². The Hall–Kier alpha value is -3.48. The summed E-state index contributed by atoms with van der Waals surface area (Å²) in [7, 11) is 1.34. The largest absolute Gasteiger partial charge is 0.465 e. The second-order valence-electron chi connectivity index (χ2n) is 7.11. The number of aryl methyl sites for hydroxylation is 1. The van der Waals surface area contributed by atoms with Gasteiger partial charge in [0.25, 0.3) is 5.91 Å². The molecule has 0 saturated heterocycles. The Morgan fingerprint density at radius 3 is 2.52 bits per heavy atom. The number of carbonyl (C=O) groups excluding carboxylic acids is 2. The van der Waals surface area contributed by atoms with E-state index < -0.39 is 5.97 Å². The molecule has 0 fully saturated rings. The van der Waals surface area contributed by atoms with E-state index in [4.69, 9.17) is 4.74 Å². The van der Waals surface area contributed by atoms with Crippen molar-refractivity contribution in [3.63, 3.8) is 0 Å². The topological polar surface area (TPSA) is 86.1 Å². The van der Waals surface area contributed by atoms with Crippen LogP contribution in [0.15, 0.2) is 42.7 Å². The molecule has 2 heterocycles. The lowest BCUT2D eigenvalue weighted by molar-refractivity contribution is 0.0599. The zero-order chi connectivity index (χ0) is 21.1. The van der Waals surface area contributed by atoms with Gasteiger partial charge >= 0.3 is 5.97 Å². The number of benzene rings is 1. The van der Waals surface area contributed by atoms with Crippen LogP contribution in [0.25, 0.3) is 5.82 Å². The molecule has 0 aliphatic rings. The molecule has 2 aromatic heterocycles. The third kappa shape index (κ3) is 4.03. The first-order chi connectivity index (χ1) is 13.8. The fraction of sp³-hybridized carbons (Fsp3) is 0.273. The van der Waals surface area contributed by atoms with E-state index in [0.29, 0.717) is 22.6 Å². The number of anilines is 1. The standard InChI is InChI=1S/C22H24N4O3/c1-13(2)20-18(12-24-26(20)19-8-6-7-9-23-19)21(27)25-16-10-14(3)15(4)17(11-16)22(28)29-5/h6-13H,1-5H3,(H,25,27). The van der Waals surface area contributed by atoms with Gasteiger partial charge in [0, 0.05) is 11.9 Å². The van der Waals surface area contributed by atoms with Crippen molar-refractivity contribution >= 4 is 17.6 Å². The molecule has 3 aromatic rings. The molecule has 0 bridgehead atoms. The SMILES string of the molecule is COC(=O)c1cc(NC(=O)c2cnn(-c3ccccn3)c2C(C)C)cc(C)c1C. The Morgan fingerprint density at radius 2 is 1.90 bits per heavy atom. The fourth-order valence-corrected chi connectivity index (χ4v) is 3.20. The van der Waals surface area contributed by atoms with Crippen LogP contribution in [0, 0.1) is 13.8 Å². The normalized spacial score (nSPS) is 10.8. The van der Waals surface area contributed by atoms with E-state index in [-0.39, 0.29) is 11.8 Å². The predicted molar refractivity (Wildman–Crippen MR) is 111 cm³/mol. The van der Waals surface area contributed by atoms with Crippen LogP contribution in [-0.2, 0) is 4.74 Å². The quantitative estimate of drug-likeness (QED) is 0.662. The Morgan fingerprint density at radius 1 is 1.14 bits per heavy atom. The minimum atomic E-state index is -0.437. The van der Waals surface area contributed by atoms with E-state index in [9.17, 15) is 9.59 Å². The number of esters is 1. The molecule has 0 radical (unpaired) electrons. The molecular weight excluding hydrogens is 368 g/mol. The van der Waals surface area contributed by atoms with E-state index in [1.807, 2.05) is 52.0 Å². The summed E-state index contributed by atoms with van der Waals surface area (Å²) in [6.45, 7) is 7.73. The molecule has 0 aliphatic carbocycles. The second kappa shape index (κ2) is 8.26. The lowest BCUT2D eigenvalue weighted by atomic mass is 10.0. The minimum absolute atomic E-state index is 0.0469. The van der Waals surface area contributed by atoms with Crippen LogP contribution in [0.1, 0.15) is 57.3 Å². The predicted octanol–water partition coefficient (Wildman–Crippen LogP) is 4.05. The summed E-state index contributed by atoms with van der Waals surface area (Å²) >= 11 is 0. The number of amides is 1. The van der Waals surface area contributed by atoms with Crippen molar-refractivity contribution in [2.24, 2.45) is 0 Å². The average Bonchev–Trinajstić information content (AvgIpc) is 3.16. The number of methoxy groups -OCH3 is 1. The summed E-state index contributed by atoms with van der Waals surface area (Å²) in [5.41, 5.74) is 3.88. The molecule has 1 aromatic carbocycles. The number of ether oxygens (including phenoxy) is 1. The number of pyridine rings is 1. The van der Waals surface area contributed by atoms with Crippen molar-refractivity contribution in [3.05, 3.63) is 70.7 Å². The first kappa shape index (κ1) is 20.3. The van der Waals surface area contributed by atoms with Crippen molar-refractivity contribution in [2.45, 2.75) is 33.6 Å².